The first-order valence-corrected chi connectivity index (χ1v) is 5.57. The first-order chi connectivity index (χ1) is 7.96. The molecule has 0 amide bonds. The van der Waals surface area contributed by atoms with Crippen molar-refractivity contribution in [3.8, 4) is 5.75 Å². The van der Waals surface area contributed by atoms with Crippen molar-refractivity contribution < 1.29 is 17.9 Å². The second-order valence-electron chi connectivity index (χ2n) is 4.21. The zero-order chi connectivity index (χ0) is 12.5. The second-order valence-corrected chi connectivity index (χ2v) is 4.21. The zero-order valence-electron chi connectivity index (χ0n) is 9.55. The summed E-state index contributed by atoms with van der Waals surface area (Å²) in [4.78, 5) is 1.94. The quantitative estimate of drug-likeness (QED) is 0.790. The van der Waals surface area contributed by atoms with E-state index in [1.165, 1.54) is 6.07 Å². The van der Waals surface area contributed by atoms with E-state index in [0.29, 0.717) is 5.69 Å². The van der Waals surface area contributed by atoms with Gasteiger partial charge in [-0.1, -0.05) is 6.07 Å². The van der Waals surface area contributed by atoms with Gasteiger partial charge in [0.1, 0.15) is 0 Å². The molecule has 1 aliphatic heterocycles. The predicted molar refractivity (Wildman–Crippen MR) is 59.3 cm³/mol. The van der Waals surface area contributed by atoms with E-state index in [4.69, 9.17) is 0 Å². The number of aryl methyl sites for hydroxylation is 1. The fourth-order valence-electron chi connectivity index (χ4n) is 2.04. The number of halogens is 3. The summed E-state index contributed by atoms with van der Waals surface area (Å²) < 4.78 is 40.9. The number of ether oxygens (including phenoxy) is 1. The van der Waals surface area contributed by atoms with Crippen LogP contribution in [0.25, 0.3) is 0 Å². The molecule has 1 aromatic rings. The lowest BCUT2D eigenvalue weighted by Gasteiger charge is -2.22. The lowest BCUT2D eigenvalue weighted by Crippen LogP contribution is -2.22. The van der Waals surface area contributed by atoms with Crippen LogP contribution in [0.3, 0.4) is 0 Å². The molecule has 94 valence electrons. The van der Waals surface area contributed by atoms with E-state index in [0.717, 1.165) is 31.5 Å². The molecular weight excluding hydrogens is 231 g/mol. The topological polar surface area (TPSA) is 12.5 Å². The van der Waals surface area contributed by atoms with Gasteiger partial charge < -0.3 is 9.64 Å². The number of benzene rings is 1. The standard InChI is InChI=1S/C12H14F3NO/c1-9-4-5-11(17-12(13,14)15)10(8-9)16-6-2-3-7-16/h4-5,8H,2-3,6-7H2,1H3. The van der Waals surface area contributed by atoms with E-state index < -0.39 is 6.36 Å². The molecule has 2 nitrogen and oxygen atoms in total. The molecule has 5 heteroatoms. The largest absolute Gasteiger partial charge is 0.573 e. The highest BCUT2D eigenvalue weighted by atomic mass is 19.4. The van der Waals surface area contributed by atoms with E-state index in [1.807, 2.05) is 11.8 Å². The third kappa shape index (κ3) is 3.05. The van der Waals surface area contributed by atoms with Crippen molar-refractivity contribution in [2.45, 2.75) is 26.1 Å². The van der Waals surface area contributed by atoms with Crippen LogP contribution in [0.4, 0.5) is 18.9 Å². The van der Waals surface area contributed by atoms with E-state index in [1.54, 1.807) is 12.1 Å². The molecule has 0 bridgehead atoms. The summed E-state index contributed by atoms with van der Waals surface area (Å²) in [6.45, 7) is 3.44. The van der Waals surface area contributed by atoms with Gasteiger partial charge in [-0.25, -0.2) is 0 Å². The third-order valence-corrected chi connectivity index (χ3v) is 2.79. The van der Waals surface area contributed by atoms with E-state index in [-0.39, 0.29) is 5.75 Å². The highest BCUT2D eigenvalue weighted by Gasteiger charge is 2.33. The highest BCUT2D eigenvalue weighted by molar-refractivity contribution is 5.60. The van der Waals surface area contributed by atoms with Crippen molar-refractivity contribution in [2.75, 3.05) is 18.0 Å². The summed E-state index contributed by atoms with van der Waals surface area (Å²) in [6, 6.07) is 4.75. The normalized spacial score (nSPS) is 16.4. The van der Waals surface area contributed by atoms with E-state index in [9.17, 15) is 13.2 Å². The highest BCUT2D eigenvalue weighted by Crippen LogP contribution is 2.35. The van der Waals surface area contributed by atoms with Crippen LogP contribution in [0, 0.1) is 6.92 Å². The van der Waals surface area contributed by atoms with Gasteiger partial charge >= 0.3 is 6.36 Å². The molecule has 0 radical (unpaired) electrons. The van der Waals surface area contributed by atoms with Crippen molar-refractivity contribution in [1.82, 2.24) is 0 Å². The lowest BCUT2D eigenvalue weighted by molar-refractivity contribution is -0.274. The van der Waals surface area contributed by atoms with Crippen molar-refractivity contribution in [1.29, 1.82) is 0 Å². The number of hydrogen-bond donors (Lipinski definition) is 0. The van der Waals surface area contributed by atoms with Gasteiger partial charge in [-0.05, 0) is 37.5 Å². The lowest BCUT2D eigenvalue weighted by atomic mass is 10.2. The van der Waals surface area contributed by atoms with Gasteiger partial charge in [0.05, 0.1) is 5.69 Å². The van der Waals surface area contributed by atoms with Gasteiger partial charge in [-0.15, -0.1) is 13.2 Å². The van der Waals surface area contributed by atoms with Crippen molar-refractivity contribution >= 4 is 5.69 Å². The summed E-state index contributed by atoms with van der Waals surface area (Å²) in [5.41, 5.74) is 1.47. The summed E-state index contributed by atoms with van der Waals surface area (Å²) in [7, 11) is 0. The van der Waals surface area contributed by atoms with Crippen LogP contribution in [0.2, 0.25) is 0 Å². The van der Waals surface area contributed by atoms with Crippen LogP contribution in [0.15, 0.2) is 18.2 Å². The van der Waals surface area contributed by atoms with Crippen LogP contribution in [0.5, 0.6) is 5.75 Å². The van der Waals surface area contributed by atoms with E-state index in [2.05, 4.69) is 4.74 Å². The average Bonchev–Trinajstić information content (AvgIpc) is 2.71. The van der Waals surface area contributed by atoms with Crippen LogP contribution in [-0.2, 0) is 0 Å². The summed E-state index contributed by atoms with van der Waals surface area (Å²) >= 11 is 0. The van der Waals surface area contributed by atoms with Crippen LogP contribution in [0.1, 0.15) is 18.4 Å². The van der Waals surface area contributed by atoms with Gasteiger partial charge in [0, 0.05) is 13.1 Å². The molecule has 0 spiro atoms. The molecular formula is C12H14F3NO. The Morgan fingerprint density at radius 2 is 1.82 bits per heavy atom. The number of hydrogen-bond acceptors (Lipinski definition) is 2. The van der Waals surface area contributed by atoms with Crippen LogP contribution >= 0.6 is 0 Å². The smallest absolute Gasteiger partial charge is 0.404 e. The Kier molecular flexibility index (Phi) is 3.17. The van der Waals surface area contributed by atoms with Gasteiger partial charge in [-0.3, -0.25) is 0 Å². The minimum Gasteiger partial charge on any atom is -0.404 e. The Balaban J connectivity index is 2.30. The van der Waals surface area contributed by atoms with Gasteiger partial charge in [0.25, 0.3) is 0 Å². The fraction of sp³-hybridized carbons (Fsp3) is 0.500. The van der Waals surface area contributed by atoms with Crippen LogP contribution in [-0.4, -0.2) is 19.5 Å². The van der Waals surface area contributed by atoms with Crippen molar-refractivity contribution in [3.63, 3.8) is 0 Å². The van der Waals surface area contributed by atoms with Crippen molar-refractivity contribution in [3.05, 3.63) is 23.8 Å². The second kappa shape index (κ2) is 4.47. The number of rotatable bonds is 2. The molecule has 1 heterocycles. The maximum absolute atomic E-state index is 12.3. The fourth-order valence-corrected chi connectivity index (χ4v) is 2.04. The first-order valence-electron chi connectivity index (χ1n) is 5.57. The molecule has 17 heavy (non-hydrogen) atoms. The Labute approximate surface area is 98.0 Å². The molecule has 1 saturated heterocycles. The molecule has 1 aliphatic rings. The molecule has 0 unspecified atom stereocenters. The summed E-state index contributed by atoms with van der Waals surface area (Å²) in [5.74, 6) is -0.106. The Morgan fingerprint density at radius 1 is 1.18 bits per heavy atom. The van der Waals surface area contributed by atoms with Gasteiger partial charge in [-0.2, -0.15) is 0 Å². The Bertz CT molecular complexity index is 397. The Morgan fingerprint density at radius 3 is 2.41 bits per heavy atom. The predicted octanol–water partition coefficient (Wildman–Crippen LogP) is 3.49. The maximum Gasteiger partial charge on any atom is 0.573 e. The average molecular weight is 245 g/mol. The summed E-state index contributed by atoms with van der Waals surface area (Å²) in [6.07, 6.45) is -2.61. The molecule has 0 atom stereocenters. The number of alkyl halides is 3. The molecule has 0 N–H and O–H groups in total. The minimum atomic E-state index is -4.64. The van der Waals surface area contributed by atoms with Crippen LogP contribution < -0.4 is 9.64 Å². The Hall–Kier alpha value is -1.39. The molecule has 1 aromatic carbocycles. The molecule has 2 rings (SSSR count). The molecule has 0 aromatic heterocycles. The third-order valence-electron chi connectivity index (χ3n) is 2.79. The first kappa shape index (κ1) is 12.1. The maximum atomic E-state index is 12.3. The van der Waals surface area contributed by atoms with Gasteiger partial charge in [0.2, 0.25) is 0 Å². The van der Waals surface area contributed by atoms with Crippen molar-refractivity contribution in [2.24, 2.45) is 0 Å². The number of nitrogens with zero attached hydrogens (tertiary/aromatic N) is 1. The molecule has 0 aliphatic carbocycles. The van der Waals surface area contributed by atoms with E-state index >= 15 is 0 Å². The van der Waals surface area contributed by atoms with Gasteiger partial charge in [0.15, 0.2) is 5.75 Å². The number of anilines is 1. The monoisotopic (exact) mass is 245 g/mol. The molecule has 1 fully saturated rings. The minimum absolute atomic E-state index is 0.106. The zero-order valence-corrected chi connectivity index (χ0v) is 9.55. The summed E-state index contributed by atoms with van der Waals surface area (Å²) in [5, 5.41) is 0. The SMILES string of the molecule is Cc1ccc(OC(F)(F)F)c(N2CCCC2)c1. The molecule has 0 saturated carbocycles.